The highest BCUT2D eigenvalue weighted by Gasteiger charge is 2.35. The molecule has 64 valence electrons. The molecule has 2 heteroatoms. The summed E-state index contributed by atoms with van der Waals surface area (Å²) in [6, 6.07) is 0.970. The van der Waals surface area contributed by atoms with Crippen LogP contribution in [0.25, 0.3) is 0 Å². The van der Waals surface area contributed by atoms with E-state index in [0.29, 0.717) is 12.1 Å². The highest BCUT2D eigenvalue weighted by Crippen LogP contribution is 2.38. The summed E-state index contributed by atoms with van der Waals surface area (Å²) in [6.07, 6.45) is 6.28. The second-order valence-electron chi connectivity index (χ2n) is 4.24. The highest BCUT2D eigenvalue weighted by atomic mass is 14.7. The fraction of sp³-hybridized carbons (Fsp3) is 1.00. The molecule has 0 amide bonds. The minimum absolute atomic E-state index is 0.485. The molecule has 0 spiro atoms. The SMILES string of the molecule is N[C@@H]1CC[C@H]2C[C@@H]1CC[C@@H]2N. The van der Waals surface area contributed by atoms with Crippen LogP contribution < -0.4 is 11.5 Å². The van der Waals surface area contributed by atoms with Crippen LogP contribution in [0.4, 0.5) is 0 Å². The Kier molecular flexibility index (Phi) is 1.90. The summed E-state index contributed by atoms with van der Waals surface area (Å²) in [4.78, 5) is 0. The maximum absolute atomic E-state index is 5.99. The number of hydrogen-bond acceptors (Lipinski definition) is 2. The number of rotatable bonds is 0. The lowest BCUT2D eigenvalue weighted by molar-refractivity contribution is 0.143. The zero-order valence-electron chi connectivity index (χ0n) is 7.00. The van der Waals surface area contributed by atoms with Gasteiger partial charge in [0.25, 0.3) is 0 Å². The zero-order valence-corrected chi connectivity index (χ0v) is 7.00. The lowest BCUT2D eigenvalue weighted by atomic mass is 9.68. The van der Waals surface area contributed by atoms with Crippen molar-refractivity contribution >= 4 is 0 Å². The van der Waals surface area contributed by atoms with Crippen LogP contribution >= 0.6 is 0 Å². The van der Waals surface area contributed by atoms with Gasteiger partial charge in [0.05, 0.1) is 0 Å². The predicted octanol–water partition coefficient (Wildman–Crippen LogP) is 0.851. The second kappa shape index (κ2) is 2.76. The van der Waals surface area contributed by atoms with Crippen LogP contribution in [0.1, 0.15) is 32.1 Å². The van der Waals surface area contributed by atoms with Gasteiger partial charge in [-0.25, -0.2) is 0 Å². The Labute approximate surface area is 68.3 Å². The van der Waals surface area contributed by atoms with Crippen molar-refractivity contribution in [1.82, 2.24) is 0 Å². The lowest BCUT2D eigenvalue weighted by Crippen LogP contribution is -2.46. The van der Waals surface area contributed by atoms with Gasteiger partial charge in [0.2, 0.25) is 0 Å². The topological polar surface area (TPSA) is 52.0 Å². The molecule has 11 heavy (non-hydrogen) atoms. The van der Waals surface area contributed by atoms with Gasteiger partial charge < -0.3 is 11.5 Å². The van der Waals surface area contributed by atoms with Crippen LogP contribution in [0.5, 0.6) is 0 Å². The van der Waals surface area contributed by atoms with Crippen molar-refractivity contribution in [1.29, 1.82) is 0 Å². The molecule has 2 aliphatic rings. The van der Waals surface area contributed by atoms with E-state index in [0.717, 1.165) is 11.8 Å². The number of hydrogen-bond donors (Lipinski definition) is 2. The molecular formula is C9H18N2. The third-order valence-electron chi connectivity index (χ3n) is 3.56. The highest BCUT2D eigenvalue weighted by molar-refractivity contribution is 4.91. The molecule has 2 aliphatic carbocycles. The maximum atomic E-state index is 5.99. The Morgan fingerprint density at radius 1 is 0.727 bits per heavy atom. The molecular weight excluding hydrogens is 136 g/mol. The molecule has 0 heterocycles. The van der Waals surface area contributed by atoms with E-state index in [4.69, 9.17) is 11.5 Å². The van der Waals surface area contributed by atoms with Crippen LogP contribution in [0.2, 0.25) is 0 Å². The molecule has 0 radical (unpaired) electrons. The molecule has 2 fully saturated rings. The summed E-state index contributed by atoms with van der Waals surface area (Å²) in [6.45, 7) is 0. The molecule has 0 aliphatic heterocycles. The van der Waals surface area contributed by atoms with E-state index >= 15 is 0 Å². The van der Waals surface area contributed by atoms with Crippen LogP contribution in [0, 0.1) is 11.8 Å². The van der Waals surface area contributed by atoms with Gasteiger partial charge in [-0.05, 0) is 43.9 Å². The van der Waals surface area contributed by atoms with E-state index < -0.39 is 0 Å². The first-order chi connectivity index (χ1) is 5.27. The molecule has 4 N–H and O–H groups in total. The quantitative estimate of drug-likeness (QED) is 0.543. The largest absolute Gasteiger partial charge is 0.327 e. The zero-order chi connectivity index (χ0) is 7.84. The van der Waals surface area contributed by atoms with Crippen LogP contribution in [-0.2, 0) is 0 Å². The van der Waals surface area contributed by atoms with Crippen molar-refractivity contribution < 1.29 is 0 Å². The molecule has 0 aromatic heterocycles. The molecule has 0 unspecified atom stereocenters. The first kappa shape index (κ1) is 7.56. The summed E-state index contributed by atoms with van der Waals surface area (Å²) >= 11 is 0. The first-order valence-corrected chi connectivity index (χ1v) is 4.78. The van der Waals surface area contributed by atoms with Gasteiger partial charge >= 0.3 is 0 Å². The van der Waals surface area contributed by atoms with Crippen molar-refractivity contribution in [2.24, 2.45) is 23.3 Å². The standard InChI is InChI=1S/C9H18N2/c10-8-3-1-6-5-7(8)2-4-9(6)11/h6-9H,1-5,10-11H2/t6-,7-,8-,9+/m0/s1. The van der Waals surface area contributed by atoms with E-state index in [1.165, 1.54) is 32.1 Å². The van der Waals surface area contributed by atoms with E-state index in [1.54, 1.807) is 0 Å². The van der Waals surface area contributed by atoms with Gasteiger partial charge in [-0.3, -0.25) is 0 Å². The summed E-state index contributed by atoms with van der Waals surface area (Å²) in [5.74, 6) is 1.60. The van der Waals surface area contributed by atoms with Gasteiger partial charge in [0, 0.05) is 12.1 Å². The minimum atomic E-state index is 0.485. The monoisotopic (exact) mass is 154 g/mol. The molecule has 0 aromatic carbocycles. The Bertz CT molecular complexity index is 130. The molecule has 2 bridgehead atoms. The van der Waals surface area contributed by atoms with Crippen LogP contribution in [0.3, 0.4) is 0 Å². The Balaban J connectivity index is 2.02. The van der Waals surface area contributed by atoms with E-state index in [9.17, 15) is 0 Å². The van der Waals surface area contributed by atoms with Crippen molar-refractivity contribution in [3.63, 3.8) is 0 Å². The van der Waals surface area contributed by atoms with E-state index in [-0.39, 0.29) is 0 Å². The Hall–Kier alpha value is -0.0800. The van der Waals surface area contributed by atoms with E-state index in [2.05, 4.69) is 0 Å². The summed E-state index contributed by atoms with van der Waals surface area (Å²) in [5, 5.41) is 0. The van der Waals surface area contributed by atoms with Gasteiger partial charge in [-0.1, -0.05) is 0 Å². The fourth-order valence-electron chi connectivity index (χ4n) is 2.69. The third-order valence-corrected chi connectivity index (χ3v) is 3.56. The van der Waals surface area contributed by atoms with Gasteiger partial charge in [0.1, 0.15) is 0 Å². The number of fused-ring (bicyclic) bond motifs is 2. The normalized spacial score (nSPS) is 50.7. The maximum Gasteiger partial charge on any atom is 0.00673 e. The second-order valence-corrected chi connectivity index (χ2v) is 4.24. The summed E-state index contributed by atoms with van der Waals surface area (Å²) < 4.78 is 0. The first-order valence-electron chi connectivity index (χ1n) is 4.78. The van der Waals surface area contributed by atoms with Crippen molar-refractivity contribution in [3.05, 3.63) is 0 Å². The van der Waals surface area contributed by atoms with Crippen molar-refractivity contribution in [3.8, 4) is 0 Å². The summed E-state index contributed by atoms with van der Waals surface area (Å²) in [7, 11) is 0. The fourth-order valence-corrected chi connectivity index (χ4v) is 2.69. The molecule has 0 aromatic rings. The van der Waals surface area contributed by atoms with E-state index in [1.807, 2.05) is 0 Å². The van der Waals surface area contributed by atoms with Crippen LogP contribution in [-0.4, -0.2) is 12.1 Å². The van der Waals surface area contributed by atoms with Gasteiger partial charge in [-0.2, -0.15) is 0 Å². The van der Waals surface area contributed by atoms with Crippen LogP contribution in [0.15, 0.2) is 0 Å². The lowest BCUT2D eigenvalue weighted by Gasteiger charge is -2.41. The van der Waals surface area contributed by atoms with Crippen molar-refractivity contribution in [2.45, 2.75) is 44.2 Å². The molecule has 2 saturated carbocycles. The summed E-state index contributed by atoms with van der Waals surface area (Å²) in [5.41, 5.74) is 12.0. The molecule has 4 atom stereocenters. The van der Waals surface area contributed by atoms with Crippen molar-refractivity contribution in [2.75, 3.05) is 0 Å². The van der Waals surface area contributed by atoms with Gasteiger partial charge in [0.15, 0.2) is 0 Å². The van der Waals surface area contributed by atoms with Gasteiger partial charge in [-0.15, -0.1) is 0 Å². The Morgan fingerprint density at radius 3 is 1.64 bits per heavy atom. The number of nitrogens with two attached hydrogens (primary N) is 2. The smallest absolute Gasteiger partial charge is 0.00673 e. The average Bonchev–Trinajstić information content (AvgIpc) is 2.02. The molecule has 0 saturated heterocycles. The minimum Gasteiger partial charge on any atom is -0.327 e. The molecule has 2 nitrogen and oxygen atoms in total. The molecule has 2 rings (SSSR count). The average molecular weight is 154 g/mol. The Morgan fingerprint density at radius 2 is 1.18 bits per heavy atom. The third kappa shape index (κ3) is 1.30. The predicted molar refractivity (Wildman–Crippen MR) is 46.0 cm³/mol.